The molecule has 0 spiro atoms. The molecule has 2 heteroatoms. The second kappa shape index (κ2) is 5.51. The zero-order valence-corrected chi connectivity index (χ0v) is 10.8. The van der Waals surface area contributed by atoms with Gasteiger partial charge < -0.3 is 4.74 Å². The fourth-order valence-corrected chi connectivity index (χ4v) is 2.15. The monoisotopic (exact) mass is 224 g/mol. The van der Waals surface area contributed by atoms with Crippen molar-refractivity contribution in [3.63, 3.8) is 0 Å². The van der Waals surface area contributed by atoms with Crippen molar-refractivity contribution in [2.24, 2.45) is 17.3 Å². The van der Waals surface area contributed by atoms with E-state index in [1.54, 1.807) is 0 Å². The molecular weight excluding hydrogens is 200 g/mol. The van der Waals surface area contributed by atoms with Gasteiger partial charge in [-0.15, -0.1) is 6.58 Å². The van der Waals surface area contributed by atoms with Gasteiger partial charge in [-0.2, -0.15) is 0 Å². The third kappa shape index (κ3) is 3.66. The summed E-state index contributed by atoms with van der Waals surface area (Å²) in [5, 5.41) is 0. The van der Waals surface area contributed by atoms with Crippen molar-refractivity contribution >= 4 is 5.97 Å². The van der Waals surface area contributed by atoms with Crippen LogP contribution in [-0.2, 0) is 9.53 Å². The maximum absolute atomic E-state index is 11.7. The van der Waals surface area contributed by atoms with Crippen LogP contribution < -0.4 is 0 Å². The van der Waals surface area contributed by atoms with E-state index in [0.29, 0.717) is 18.4 Å². The topological polar surface area (TPSA) is 26.3 Å². The summed E-state index contributed by atoms with van der Waals surface area (Å²) in [7, 11) is 0. The summed E-state index contributed by atoms with van der Waals surface area (Å²) in [6, 6.07) is 0. The lowest BCUT2D eigenvalue weighted by atomic mass is 9.80. The van der Waals surface area contributed by atoms with Crippen LogP contribution in [0.2, 0.25) is 0 Å². The molecule has 16 heavy (non-hydrogen) atoms. The van der Waals surface area contributed by atoms with E-state index in [0.717, 1.165) is 6.42 Å². The molecule has 1 aliphatic carbocycles. The van der Waals surface area contributed by atoms with Gasteiger partial charge in [0.1, 0.15) is 0 Å². The maximum Gasteiger partial charge on any atom is 0.311 e. The van der Waals surface area contributed by atoms with Crippen LogP contribution in [0.15, 0.2) is 12.7 Å². The Balaban J connectivity index is 2.41. The van der Waals surface area contributed by atoms with E-state index < -0.39 is 5.41 Å². The maximum atomic E-state index is 11.7. The Morgan fingerprint density at radius 3 is 2.56 bits per heavy atom. The third-order valence-electron chi connectivity index (χ3n) is 3.31. The molecule has 0 unspecified atom stereocenters. The molecule has 2 atom stereocenters. The zero-order chi connectivity index (χ0) is 12.2. The molecule has 0 aromatic heterocycles. The Morgan fingerprint density at radius 2 is 2.00 bits per heavy atom. The van der Waals surface area contributed by atoms with Crippen LogP contribution in [0, 0.1) is 17.3 Å². The number of allylic oxidation sites excluding steroid dienone is 1. The largest absolute Gasteiger partial charge is 0.465 e. The van der Waals surface area contributed by atoms with Gasteiger partial charge in [-0.1, -0.05) is 18.9 Å². The van der Waals surface area contributed by atoms with E-state index in [2.05, 4.69) is 6.58 Å². The minimum atomic E-state index is -0.391. The predicted molar refractivity (Wildman–Crippen MR) is 66.1 cm³/mol. The molecule has 1 aliphatic rings. The van der Waals surface area contributed by atoms with Gasteiger partial charge in [-0.3, -0.25) is 4.79 Å². The van der Waals surface area contributed by atoms with E-state index in [1.807, 2.05) is 26.8 Å². The lowest BCUT2D eigenvalue weighted by Crippen LogP contribution is -2.29. The number of hydrogen-bond acceptors (Lipinski definition) is 2. The van der Waals surface area contributed by atoms with Crippen molar-refractivity contribution < 1.29 is 9.53 Å². The molecule has 1 saturated carbocycles. The van der Waals surface area contributed by atoms with Crippen LogP contribution in [0.4, 0.5) is 0 Å². The van der Waals surface area contributed by atoms with Crippen molar-refractivity contribution in [1.82, 2.24) is 0 Å². The smallest absolute Gasteiger partial charge is 0.311 e. The van der Waals surface area contributed by atoms with Gasteiger partial charge >= 0.3 is 5.97 Å². The summed E-state index contributed by atoms with van der Waals surface area (Å²) in [5.41, 5.74) is -0.391. The lowest BCUT2D eigenvalue weighted by molar-refractivity contribution is -0.155. The van der Waals surface area contributed by atoms with Crippen molar-refractivity contribution in [2.45, 2.75) is 46.5 Å². The van der Waals surface area contributed by atoms with Crippen LogP contribution in [0.1, 0.15) is 46.5 Å². The standard InChI is InChI=1S/C14H24O2/c1-5-11-8-6-7-9-12(11)10-16-13(15)14(2,3)4/h5,11-12H,1,6-10H2,2-4H3/t11-,12+/m1/s1. The molecular formula is C14H24O2. The molecule has 0 saturated heterocycles. The van der Waals surface area contributed by atoms with Crippen LogP contribution in [0.5, 0.6) is 0 Å². The quantitative estimate of drug-likeness (QED) is 0.541. The first-order valence-electron chi connectivity index (χ1n) is 6.25. The number of rotatable bonds is 3. The normalized spacial score (nSPS) is 26.2. The van der Waals surface area contributed by atoms with E-state index >= 15 is 0 Å². The predicted octanol–water partition coefficient (Wildman–Crippen LogP) is 3.57. The van der Waals surface area contributed by atoms with Crippen LogP contribution >= 0.6 is 0 Å². The van der Waals surface area contributed by atoms with Crippen molar-refractivity contribution in [3.8, 4) is 0 Å². The highest BCUT2D eigenvalue weighted by molar-refractivity contribution is 5.75. The fraction of sp³-hybridized carbons (Fsp3) is 0.786. The second-order valence-corrected chi connectivity index (χ2v) is 5.79. The van der Waals surface area contributed by atoms with E-state index in [1.165, 1.54) is 19.3 Å². The Bertz CT molecular complexity index is 250. The summed E-state index contributed by atoms with van der Waals surface area (Å²) in [5.74, 6) is 0.917. The van der Waals surface area contributed by atoms with Crippen molar-refractivity contribution in [2.75, 3.05) is 6.61 Å². The first kappa shape index (κ1) is 13.3. The molecule has 0 radical (unpaired) electrons. The SMILES string of the molecule is C=C[C@@H]1CCCC[C@H]1COC(=O)C(C)(C)C. The van der Waals surface area contributed by atoms with Gasteiger partial charge in [0.2, 0.25) is 0 Å². The van der Waals surface area contributed by atoms with Crippen molar-refractivity contribution in [3.05, 3.63) is 12.7 Å². The highest BCUT2D eigenvalue weighted by Crippen LogP contribution is 2.31. The van der Waals surface area contributed by atoms with Crippen LogP contribution in [0.25, 0.3) is 0 Å². The fourth-order valence-electron chi connectivity index (χ4n) is 2.15. The molecule has 92 valence electrons. The first-order valence-corrected chi connectivity index (χ1v) is 6.25. The molecule has 0 bridgehead atoms. The second-order valence-electron chi connectivity index (χ2n) is 5.79. The lowest BCUT2D eigenvalue weighted by Gasteiger charge is -2.29. The number of esters is 1. The van der Waals surface area contributed by atoms with Crippen molar-refractivity contribution in [1.29, 1.82) is 0 Å². The highest BCUT2D eigenvalue weighted by Gasteiger charge is 2.27. The summed E-state index contributed by atoms with van der Waals surface area (Å²) in [6.45, 7) is 10.1. The number of hydrogen-bond donors (Lipinski definition) is 0. The zero-order valence-electron chi connectivity index (χ0n) is 10.8. The molecule has 0 amide bonds. The number of ether oxygens (including phenoxy) is 1. The molecule has 1 rings (SSSR count). The molecule has 0 N–H and O–H groups in total. The van der Waals surface area contributed by atoms with E-state index in [9.17, 15) is 4.79 Å². The minimum Gasteiger partial charge on any atom is -0.465 e. The molecule has 1 fully saturated rings. The summed E-state index contributed by atoms with van der Waals surface area (Å²) < 4.78 is 5.39. The third-order valence-corrected chi connectivity index (χ3v) is 3.31. The highest BCUT2D eigenvalue weighted by atomic mass is 16.5. The van der Waals surface area contributed by atoms with Crippen LogP contribution in [0.3, 0.4) is 0 Å². The van der Waals surface area contributed by atoms with E-state index in [4.69, 9.17) is 4.74 Å². The number of carbonyl (C=O) groups excluding carboxylic acids is 1. The summed E-state index contributed by atoms with van der Waals surface area (Å²) >= 11 is 0. The molecule has 0 heterocycles. The Morgan fingerprint density at radius 1 is 1.38 bits per heavy atom. The molecule has 2 nitrogen and oxygen atoms in total. The van der Waals surface area contributed by atoms with Crippen LogP contribution in [-0.4, -0.2) is 12.6 Å². The van der Waals surface area contributed by atoms with Gasteiger partial charge in [0.25, 0.3) is 0 Å². The Hall–Kier alpha value is -0.790. The summed E-state index contributed by atoms with van der Waals surface area (Å²) in [6.07, 6.45) is 6.91. The number of carbonyl (C=O) groups is 1. The average molecular weight is 224 g/mol. The first-order chi connectivity index (χ1) is 7.45. The van der Waals surface area contributed by atoms with Gasteiger partial charge in [0, 0.05) is 0 Å². The minimum absolute atomic E-state index is 0.0964. The summed E-state index contributed by atoms with van der Waals surface area (Å²) in [4.78, 5) is 11.7. The Labute approximate surface area is 99.1 Å². The van der Waals surface area contributed by atoms with Gasteiger partial charge in [0.15, 0.2) is 0 Å². The van der Waals surface area contributed by atoms with E-state index in [-0.39, 0.29) is 5.97 Å². The Kier molecular flexibility index (Phi) is 4.57. The molecule has 0 aliphatic heterocycles. The molecule has 0 aromatic carbocycles. The van der Waals surface area contributed by atoms with Gasteiger partial charge in [-0.05, 0) is 45.4 Å². The van der Waals surface area contributed by atoms with Gasteiger partial charge in [0.05, 0.1) is 12.0 Å². The average Bonchev–Trinajstić information content (AvgIpc) is 2.24. The molecule has 0 aromatic rings. The van der Waals surface area contributed by atoms with Gasteiger partial charge in [-0.25, -0.2) is 0 Å².